The summed E-state index contributed by atoms with van der Waals surface area (Å²) in [5.41, 5.74) is 0.198. The molecule has 0 bridgehead atoms. The number of hydrogen-bond donors (Lipinski definition) is 2. The summed E-state index contributed by atoms with van der Waals surface area (Å²) >= 11 is 0. The molecule has 1 aromatic rings. The van der Waals surface area contributed by atoms with Gasteiger partial charge in [0.15, 0.2) is 0 Å². The first-order valence-electron chi connectivity index (χ1n) is 7.35. The summed E-state index contributed by atoms with van der Waals surface area (Å²) in [5.74, 6) is -0.431. The lowest BCUT2D eigenvalue weighted by Crippen LogP contribution is -2.37. The van der Waals surface area contributed by atoms with Crippen LogP contribution < -0.4 is 10.6 Å². The molecular weight excluding hydrogens is 273 g/mol. The lowest BCUT2D eigenvalue weighted by Gasteiger charge is -2.26. The Hall–Kier alpha value is -1.66. The van der Waals surface area contributed by atoms with E-state index in [-0.39, 0.29) is 11.7 Å². The maximum atomic E-state index is 13.3. The molecule has 0 radical (unpaired) electrons. The van der Waals surface area contributed by atoms with Crippen LogP contribution in [-0.2, 0) is 4.74 Å². The fraction of sp³-hybridized carbons (Fsp3) is 0.533. The van der Waals surface area contributed by atoms with E-state index in [1.165, 1.54) is 12.1 Å². The van der Waals surface area contributed by atoms with E-state index in [9.17, 15) is 9.18 Å². The second-order valence-electron chi connectivity index (χ2n) is 5.02. The summed E-state index contributed by atoms with van der Waals surface area (Å²) in [6.45, 7) is 5.21. The molecule has 2 rings (SSSR count). The molecule has 0 saturated carbocycles. The molecule has 0 unspecified atom stereocenters. The van der Waals surface area contributed by atoms with Gasteiger partial charge in [-0.2, -0.15) is 0 Å². The number of urea groups is 1. The van der Waals surface area contributed by atoms with E-state index in [1.54, 1.807) is 12.1 Å². The summed E-state index contributed by atoms with van der Waals surface area (Å²) in [5, 5.41) is 5.23. The Morgan fingerprint density at radius 1 is 1.24 bits per heavy atom. The average Bonchev–Trinajstić information content (AvgIpc) is 2.50. The highest BCUT2D eigenvalue weighted by Gasteiger charge is 2.09. The van der Waals surface area contributed by atoms with Crippen molar-refractivity contribution in [2.75, 3.05) is 44.7 Å². The first-order valence-corrected chi connectivity index (χ1v) is 7.35. The van der Waals surface area contributed by atoms with E-state index in [1.807, 2.05) is 0 Å². The van der Waals surface area contributed by atoms with Gasteiger partial charge in [0.1, 0.15) is 5.82 Å². The lowest BCUT2D eigenvalue weighted by atomic mass is 10.2. The molecule has 1 heterocycles. The summed E-state index contributed by atoms with van der Waals surface area (Å²) in [6.07, 6.45) is 1.93. The standard InChI is InChI=1S/C15H22FN3O2/c16-13-5-1-2-6-14(13)18-15(20)17-7-3-4-8-19-9-11-21-12-10-19/h1-2,5-6H,3-4,7-12H2,(H2,17,18,20). The zero-order chi connectivity index (χ0) is 14.9. The number of carbonyl (C=O) groups is 1. The normalized spacial score (nSPS) is 15.7. The number of amides is 2. The topological polar surface area (TPSA) is 53.6 Å². The summed E-state index contributed by atoms with van der Waals surface area (Å²) in [7, 11) is 0. The molecule has 1 saturated heterocycles. The molecule has 0 aliphatic carbocycles. The number of para-hydroxylation sites is 1. The zero-order valence-corrected chi connectivity index (χ0v) is 12.1. The Bertz CT molecular complexity index is 450. The van der Waals surface area contributed by atoms with E-state index >= 15 is 0 Å². The van der Waals surface area contributed by atoms with Crippen LogP contribution in [0.1, 0.15) is 12.8 Å². The predicted molar refractivity (Wildman–Crippen MR) is 79.9 cm³/mol. The number of morpholine rings is 1. The van der Waals surface area contributed by atoms with Gasteiger partial charge in [-0.05, 0) is 31.5 Å². The minimum atomic E-state index is -0.431. The third kappa shape index (κ3) is 5.69. The second kappa shape index (κ2) is 8.59. The van der Waals surface area contributed by atoms with Gasteiger partial charge in [-0.25, -0.2) is 9.18 Å². The van der Waals surface area contributed by atoms with Gasteiger partial charge < -0.3 is 15.4 Å². The summed E-state index contributed by atoms with van der Waals surface area (Å²) < 4.78 is 18.6. The van der Waals surface area contributed by atoms with E-state index in [0.29, 0.717) is 6.54 Å². The van der Waals surface area contributed by atoms with Crippen LogP contribution in [0, 0.1) is 5.82 Å². The second-order valence-corrected chi connectivity index (χ2v) is 5.02. The van der Waals surface area contributed by atoms with Gasteiger partial charge in [0.25, 0.3) is 0 Å². The number of hydrogen-bond acceptors (Lipinski definition) is 3. The fourth-order valence-corrected chi connectivity index (χ4v) is 2.22. The Labute approximate surface area is 124 Å². The van der Waals surface area contributed by atoms with Crippen LogP contribution in [-0.4, -0.2) is 50.3 Å². The first kappa shape index (κ1) is 15.7. The van der Waals surface area contributed by atoms with E-state index < -0.39 is 5.82 Å². The molecule has 5 nitrogen and oxygen atoms in total. The SMILES string of the molecule is O=C(NCCCCN1CCOCC1)Nc1ccccc1F. The average molecular weight is 295 g/mol. The van der Waals surface area contributed by atoms with E-state index in [2.05, 4.69) is 15.5 Å². The van der Waals surface area contributed by atoms with Crippen LogP contribution >= 0.6 is 0 Å². The summed E-state index contributed by atoms with van der Waals surface area (Å²) in [4.78, 5) is 14.0. The van der Waals surface area contributed by atoms with Crippen molar-refractivity contribution in [1.82, 2.24) is 10.2 Å². The number of benzene rings is 1. The number of nitrogens with zero attached hydrogens (tertiary/aromatic N) is 1. The minimum Gasteiger partial charge on any atom is -0.379 e. The maximum absolute atomic E-state index is 13.3. The van der Waals surface area contributed by atoms with Crippen molar-refractivity contribution in [1.29, 1.82) is 0 Å². The van der Waals surface area contributed by atoms with Gasteiger partial charge >= 0.3 is 6.03 Å². The van der Waals surface area contributed by atoms with Crippen molar-refractivity contribution in [3.05, 3.63) is 30.1 Å². The van der Waals surface area contributed by atoms with Crippen molar-refractivity contribution in [3.63, 3.8) is 0 Å². The van der Waals surface area contributed by atoms with Gasteiger partial charge in [0.2, 0.25) is 0 Å². The molecular formula is C15H22FN3O2. The molecule has 1 aromatic carbocycles. The third-order valence-electron chi connectivity index (χ3n) is 3.41. The number of halogens is 1. The fourth-order valence-electron chi connectivity index (χ4n) is 2.22. The Kier molecular flexibility index (Phi) is 6.43. The summed E-state index contributed by atoms with van der Waals surface area (Å²) in [6, 6.07) is 5.75. The highest BCUT2D eigenvalue weighted by atomic mass is 19.1. The number of unbranched alkanes of at least 4 members (excludes halogenated alkanes) is 1. The molecule has 1 fully saturated rings. The largest absolute Gasteiger partial charge is 0.379 e. The number of ether oxygens (including phenoxy) is 1. The Morgan fingerprint density at radius 3 is 2.76 bits per heavy atom. The zero-order valence-electron chi connectivity index (χ0n) is 12.1. The van der Waals surface area contributed by atoms with Gasteiger partial charge in [-0.15, -0.1) is 0 Å². The van der Waals surface area contributed by atoms with Crippen molar-refractivity contribution < 1.29 is 13.9 Å². The van der Waals surface area contributed by atoms with Gasteiger partial charge in [-0.3, -0.25) is 4.90 Å². The predicted octanol–water partition coefficient (Wildman–Crippen LogP) is 2.06. The monoisotopic (exact) mass is 295 g/mol. The Morgan fingerprint density at radius 2 is 2.00 bits per heavy atom. The van der Waals surface area contributed by atoms with Crippen molar-refractivity contribution in [2.45, 2.75) is 12.8 Å². The third-order valence-corrected chi connectivity index (χ3v) is 3.41. The van der Waals surface area contributed by atoms with E-state index in [4.69, 9.17) is 4.74 Å². The molecule has 1 aliphatic heterocycles. The molecule has 2 N–H and O–H groups in total. The highest BCUT2D eigenvalue weighted by Crippen LogP contribution is 2.11. The van der Waals surface area contributed by atoms with Crippen LogP contribution in [0.3, 0.4) is 0 Å². The van der Waals surface area contributed by atoms with Gasteiger partial charge in [-0.1, -0.05) is 12.1 Å². The lowest BCUT2D eigenvalue weighted by molar-refractivity contribution is 0.0372. The van der Waals surface area contributed by atoms with Crippen molar-refractivity contribution in [2.24, 2.45) is 0 Å². The molecule has 6 heteroatoms. The van der Waals surface area contributed by atoms with Crippen molar-refractivity contribution >= 4 is 11.7 Å². The van der Waals surface area contributed by atoms with Crippen LogP contribution in [0.4, 0.5) is 14.9 Å². The molecule has 0 atom stereocenters. The quantitative estimate of drug-likeness (QED) is 0.790. The van der Waals surface area contributed by atoms with Gasteiger partial charge in [0, 0.05) is 19.6 Å². The molecule has 116 valence electrons. The number of carbonyl (C=O) groups excluding carboxylic acids is 1. The first-order chi connectivity index (χ1) is 10.3. The minimum absolute atomic E-state index is 0.198. The van der Waals surface area contributed by atoms with Crippen LogP contribution in [0.15, 0.2) is 24.3 Å². The van der Waals surface area contributed by atoms with E-state index in [0.717, 1.165) is 45.7 Å². The molecule has 0 spiro atoms. The van der Waals surface area contributed by atoms with Crippen molar-refractivity contribution in [3.8, 4) is 0 Å². The van der Waals surface area contributed by atoms with Crippen LogP contribution in [0.25, 0.3) is 0 Å². The van der Waals surface area contributed by atoms with Crippen LogP contribution in [0.2, 0.25) is 0 Å². The number of nitrogens with one attached hydrogen (secondary N) is 2. The highest BCUT2D eigenvalue weighted by molar-refractivity contribution is 5.89. The maximum Gasteiger partial charge on any atom is 0.319 e. The van der Waals surface area contributed by atoms with Gasteiger partial charge in [0.05, 0.1) is 18.9 Å². The molecule has 2 amide bonds. The Balaban J connectivity index is 1.56. The smallest absolute Gasteiger partial charge is 0.319 e. The number of rotatable bonds is 6. The number of anilines is 1. The molecule has 0 aromatic heterocycles. The molecule has 1 aliphatic rings. The molecule has 21 heavy (non-hydrogen) atoms. The van der Waals surface area contributed by atoms with Crippen LogP contribution in [0.5, 0.6) is 0 Å².